The van der Waals surface area contributed by atoms with Gasteiger partial charge in [-0.15, -0.1) is 6.58 Å². The second-order valence-electron chi connectivity index (χ2n) is 18.5. The number of aryl methyl sites for hydroxylation is 2. The first-order chi connectivity index (χ1) is 28.2. The zero-order chi connectivity index (χ0) is 41.7. The number of cyclic esters (lactones) is 1. The normalized spacial score (nSPS) is 31.1. The van der Waals surface area contributed by atoms with Crippen molar-refractivity contribution in [3.63, 3.8) is 0 Å². The maximum atomic E-state index is 15.3. The lowest BCUT2D eigenvalue weighted by Gasteiger charge is -2.42. The van der Waals surface area contributed by atoms with Crippen molar-refractivity contribution in [1.29, 1.82) is 0 Å². The maximum absolute atomic E-state index is 15.3. The first-order valence-electron chi connectivity index (χ1n) is 21.6. The highest BCUT2D eigenvalue weighted by atomic mass is 32.2. The zero-order valence-electron chi connectivity index (χ0n) is 34.6. The number of sulfonamides is 1. The van der Waals surface area contributed by atoms with E-state index in [0.29, 0.717) is 56.4 Å². The van der Waals surface area contributed by atoms with Gasteiger partial charge in [-0.2, -0.15) is 0 Å². The molecule has 3 bridgehead atoms. The fraction of sp³-hybridized carbons (Fsp3) is 0.659. The fourth-order valence-electron chi connectivity index (χ4n) is 10.1. The van der Waals surface area contributed by atoms with Gasteiger partial charge in [-0.1, -0.05) is 52.0 Å². The Balaban J connectivity index is 1.19. The van der Waals surface area contributed by atoms with E-state index in [0.717, 1.165) is 67.1 Å². The van der Waals surface area contributed by atoms with Crippen molar-refractivity contribution < 1.29 is 41.8 Å². The highest BCUT2D eigenvalue weighted by Crippen LogP contribution is 2.49. The third-order valence-corrected chi connectivity index (χ3v) is 15.8. The predicted octanol–water partition coefficient (Wildman–Crippen LogP) is 5.40. The molecule has 6 aliphatic rings. The summed E-state index contributed by atoms with van der Waals surface area (Å²) in [6, 6.07) is 3.75. The van der Waals surface area contributed by atoms with Gasteiger partial charge < -0.3 is 29.7 Å². The molecule has 3 aliphatic carbocycles. The molecule has 8 rings (SSSR count). The lowest BCUT2D eigenvalue weighted by Crippen LogP contribution is -2.61. The van der Waals surface area contributed by atoms with Crippen molar-refractivity contribution in [2.75, 3.05) is 20.3 Å². The highest BCUT2D eigenvalue weighted by molar-refractivity contribution is 7.91. The van der Waals surface area contributed by atoms with E-state index in [1.54, 1.807) is 13.2 Å². The van der Waals surface area contributed by atoms with Crippen molar-refractivity contribution in [2.45, 2.75) is 145 Å². The van der Waals surface area contributed by atoms with Crippen LogP contribution in [0.3, 0.4) is 0 Å². The van der Waals surface area contributed by atoms with Gasteiger partial charge in [0, 0.05) is 23.3 Å². The van der Waals surface area contributed by atoms with Gasteiger partial charge in [-0.3, -0.25) is 19.1 Å². The molecule has 1 saturated heterocycles. The number of fused-ring (bicyclic) bond motifs is 3. The van der Waals surface area contributed by atoms with Crippen LogP contribution in [0.1, 0.15) is 115 Å². The molecule has 0 radical (unpaired) electrons. The third-order valence-electron chi connectivity index (χ3n) is 14.0. The van der Waals surface area contributed by atoms with Gasteiger partial charge >= 0.3 is 6.09 Å². The minimum Gasteiger partial charge on any atom is -0.497 e. The van der Waals surface area contributed by atoms with E-state index in [9.17, 15) is 22.8 Å². The summed E-state index contributed by atoms with van der Waals surface area (Å²) in [5.41, 5.74) is -0.464. The average molecular weight is 834 g/mol. The number of nitrogens with zero attached hydrogens (tertiary/aromatic N) is 2. The van der Waals surface area contributed by atoms with Gasteiger partial charge in [0.1, 0.15) is 34.7 Å². The summed E-state index contributed by atoms with van der Waals surface area (Å²) in [5, 5.41) is 6.21. The number of methoxy groups -OCH3 is 1. The van der Waals surface area contributed by atoms with Crippen LogP contribution in [0.2, 0.25) is 0 Å². The average Bonchev–Trinajstić information content (AvgIpc) is 4.15. The summed E-state index contributed by atoms with van der Waals surface area (Å²) in [5.74, 6) is -0.836. The Bertz CT molecular complexity index is 2130. The Kier molecular flexibility index (Phi) is 11.1. The third kappa shape index (κ3) is 8.12. The molecular weight excluding hydrogens is 775 g/mol. The minimum absolute atomic E-state index is 0.0550. The Labute approximate surface area is 347 Å². The second kappa shape index (κ2) is 15.9. The molecular formula is C44H59N5O9S. The van der Waals surface area contributed by atoms with Crippen LogP contribution < -0.4 is 24.8 Å². The largest absolute Gasteiger partial charge is 0.497 e. The SMILES string of the molecule is C=C[C@@H]1C[C@]1(NC(=O)[C@@H]1C[C@]23CCc4c(c(nc5ccc(OC)cc45)CCCCC[C@H](C)COC(=O)N[C@@H](C4(C)CCCCC4)C(=O)N1C2)O3)C(=O)NS(=O)(=O)C1CC1. The number of hydrogen-bond donors (Lipinski definition) is 3. The van der Waals surface area contributed by atoms with E-state index >= 15 is 4.79 Å². The zero-order valence-corrected chi connectivity index (χ0v) is 35.4. The topological polar surface area (TPSA) is 182 Å². The number of carbonyl (C=O) groups is 4. The quantitative estimate of drug-likeness (QED) is 0.292. The monoisotopic (exact) mass is 833 g/mol. The number of nitrogens with one attached hydrogen (secondary N) is 3. The fourth-order valence-corrected chi connectivity index (χ4v) is 11.5. The lowest BCUT2D eigenvalue weighted by atomic mass is 9.70. The summed E-state index contributed by atoms with van der Waals surface area (Å²) in [4.78, 5) is 64.2. The van der Waals surface area contributed by atoms with Crippen molar-refractivity contribution in [2.24, 2.45) is 17.3 Å². The van der Waals surface area contributed by atoms with E-state index in [1.165, 1.54) is 4.90 Å². The summed E-state index contributed by atoms with van der Waals surface area (Å²) in [6.07, 6.45) is 11.7. The van der Waals surface area contributed by atoms with Crippen molar-refractivity contribution >= 4 is 44.7 Å². The lowest BCUT2D eigenvalue weighted by molar-refractivity contribution is -0.144. The van der Waals surface area contributed by atoms with Crippen molar-refractivity contribution in [3.05, 3.63) is 42.1 Å². The summed E-state index contributed by atoms with van der Waals surface area (Å²) >= 11 is 0. The number of benzene rings is 1. The molecule has 4 fully saturated rings. The molecule has 1 spiro atoms. The molecule has 0 unspecified atom stereocenters. The van der Waals surface area contributed by atoms with Gasteiger partial charge in [-0.05, 0) is 93.7 Å². The molecule has 4 amide bonds. The van der Waals surface area contributed by atoms with Gasteiger partial charge in [-0.25, -0.2) is 18.2 Å². The van der Waals surface area contributed by atoms with E-state index < -0.39 is 73.6 Å². The molecule has 6 atom stereocenters. The van der Waals surface area contributed by atoms with E-state index in [1.807, 2.05) is 25.1 Å². The van der Waals surface area contributed by atoms with Gasteiger partial charge in [0.2, 0.25) is 21.8 Å². The number of ether oxygens (including phenoxy) is 3. The number of carbonyl (C=O) groups excluding carboxylic acids is 4. The van der Waals surface area contributed by atoms with Crippen LogP contribution in [0.4, 0.5) is 4.79 Å². The summed E-state index contributed by atoms with van der Waals surface area (Å²) < 4.78 is 46.6. The standard InChI is InChI=1S/C44H59N5O9S/c1-5-28-23-44(28,40(52)48-59(54,55)30-15-16-30)47-38(50)35-24-43-21-18-31-32-22-29(56-4)14-17-33(32)45-34(36(31)58-43)13-9-6-8-12-27(2)25-57-41(53)46-37(39(51)49(35)26-43)42(3)19-10-7-11-20-42/h5,14,17,22,27-28,30,35,37H,1,6-13,15-16,18-21,23-26H2,2-4H3,(H,46,53)(H,47,50)(H,48,52)/t27-,28+,35-,37+,43+,44+/m0/s1. The smallest absolute Gasteiger partial charge is 0.407 e. The number of amides is 4. The molecule has 3 aliphatic heterocycles. The first-order valence-corrected chi connectivity index (χ1v) is 23.2. The predicted molar refractivity (Wildman–Crippen MR) is 220 cm³/mol. The van der Waals surface area contributed by atoms with Crippen LogP contribution in [0, 0.1) is 17.3 Å². The molecule has 59 heavy (non-hydrogen) atoms. The van der Waals surface area contributed by atoms with Crippen LogP contribution in [-0.4, -0.2) is 90.9 Å². The molecule has 320 valence electrons. The molecule has 3 N–H and O–H groups in total. The maximum Gasteiger partial charge on any atom is 0.407 e. The number of pyridine rings is 1. The Morgan fingerprint density at radius 1 is 1.03 bits per heavy atom. The molecule has 4 heterocycles. The van der Waals surface area contributed by atoms with Crippen molar-refractivity contribution in [1.82, 2.24) is 25.2 Å². The summed E-state index contributed by atoms with van der Waals surface area (Å²) in [7, 11) is -2.28. The minimum atomic E-state index is -3.91. The Morgan fingerprint density at radius 3 is 2.51 bits per heavy atom. The molecule has 14 nitrogen and oxygen atoms in total. The number of aromatic nitrogens is 1. The van der Waals surface area contributed by atoms with Crippen LogP contribution in [-0.2, 0) is 42.0 Å². The van der Waals surface area contributed by atoms with Gasteiger partial charge in [0.15, 0.2) is 0 Å². The van der Waals surface area contributed by atoms with E-state index in [-0.39, 0.29) is 31.9 Å². The van der Waals surface area contributed by atoms with E-state index in [2.05, 4.69) is 28.9 Å². The van der Waals surface area contributed by atoms with Crippen LogP contribution in [0.5, 0.6) is 11.5 Å². The highest BCUT2D eigenvalue weighted by Gasteiger charge is 2.63. The first kappa shape index (κ1) is 41.3. The Hall–Kier alpha value is -4.40. The second-order valence-corrected chi connectivity index (χ2v) is 20.5. The van der Waals surface area contributed by atoms with Gasteiger partial charge in [0.25, 0.3) is 5.91 Å². The molecule has 1 aromatic heterocycles. The summed E-state index contributed by atoms with van der Waals surface area (Å²) in [6.45, 7) is 8.19. The van der Waals surface area contributed by atoms with Crippen LogP contribution >= 0.6 is 0 Å². The molecule has 3 saturated carbocycles. The number of hydrogen-bond acceptors (Lipinski definition) is 10. The molecule has 2 aromatic rings. The number of alkyl carbamates (subject to hydrolysis) is 1. The molecule has 15 heteroatoms. The van der Waals surface area contributed by atoms with Gasteiger partial charge in [0.05, 0.1) is 36.7 Å². The van der Waals surface area contributed by atoms with E-state index in [4.69, 9.17) is 19.2 Å². The number of rotatable bonds is 8. The van der Waals surface area contributed by atoms with Crippen LogP contribution in [0.25, 0.3) is 10.9 Å². The Morgan fingerprint density at radius 2 is 1.80 bits per heavy atom. The van der Waals surface area contributed by atoms with Crippen molar-refractivity contribution in [3.8, 4) is 11.5 Å². The van der Waals surface area contributed by atoms with Crippen LogP contribution in [0.15, 0.2) is 30.9 Å². The molecule has 1 aromatic carbocycles.